The van der Waals surface area contributed by atoms with E-state index >= 15 is 0 Å². The molecule has 0 aromatic carbocycles. The van der Waals surface area contributed by atoms with Gasteiger partial charge in [0.15, 0.2) is 0 Å². The van der Waals surface area contributed by atoms with E-state index in [1.54, 1.807) is 0 Å². The zero-order valence-corrected chi connectivity index (χ0v) is 15.9. The smallest absolute Gasteiger partial charge is 0.234 e. The van der Waals surface area contributed by atoms with Gasteiger partial charge < -0.3 is 25.4 Å². The second-order valence-electron chi connectivity index (χ2n) is 7.18. The molecule has 25 heavy (non-hydrogen) atoms. The van der Waals surface area contributed by atoms with Crippen molar-refractivity contribution in [2.24, 2.45) is 11.1 Å². The third kappa shape index (κ3) is 9.15. The van der Waals surface area contributed by atoms with Gasteiger partial charge in [-0.2, -0.15) is 0 Å². The zero-order chi connectivity index (χ0) is 18.7. The molecule has 0 unspecified atom stereocenters. The number of amides is 2. The molecule has 0 aliphatic carbocycles. The lowest BCUT2D eigenvalue weighted by atomic mass is 9.94. The molecule has 1 heterocycles. The summed E-state index contributed by atoms with van der Waals surface area (Å²) in [5.41, 5.74) is 4.95. The van der Waals surface area contributed by atoms with E-state index in [9.17, 15) is 9.59 Å². The Morgan fingerprint density at radius 1 is 1.00 bits per heavy atom. The van der Waals surface area contributed by atoms with Crippen LogP contribution in [-0.4, -0.2) is 93.9 Å². The Bertz CT molecular complexity index is 404. The molecule has 1 saturated heterocycles. The highest BCUT2D eigenvalue weighted by molar-refractivity contribution is 5.81. The average Bonchev–Trinajstić information content (AvgIpc) is 2.56. The summed E-state index contributed by atoms with van der Waals surface area (Å²) in [4.78, 5) is 28.1. The van der Waals surface area contributed by atoms with Gasteiger partial charge in [0.25, 0.3) is 0 Å². The predicted octanol–water partition coefficient (Wildman–Crippen LogP) is -0.715. The minimum atomic E-state index is -0.352. The summed E-state index contributed by atoms with van der Waals surface area (Å²) >= 11 is 0. The van der Waals surface area contributed by atoms with Crippen molar-refractivity contribution < 1.29 is 19.1 Å². The van der Waals surface area contributed by atoms with Crippen LogP contribution >= 0.6 is 0 Å². The monoisotopic (exact) mass is 358 g/mol. The number of piperazine rings is 1. The number of ether oxygens (including phenoxy) is 2. The van der Waals surface area contributed by atoms with E-state index in [2.05, 4.69) is 10.2 Å². The normalized spacial score (nSPS) is 16.1. The van der Waals surface area contributed by atoms with E-state index in [1.807, 2.05) is 25.7 Å². The maximum absolute atomic E-state index is 12.2. The largest absolute Gasteiger partial charge is 0.378 e. The van der Waals surface area contributed by atoms with Crippen LogP contribution in [0.5, 0.6) is 0 Å². The second kappa shape index (κ2) is 11.4. The van der Waals surface area contributed by atoms with Crippen molar-refractivity contribution in [3.63, 3.8) is 0 Å². The van der Waals surface area contributed by atoms with Crippen LogP contribution < -0.4 is 11.1 Å². The molecular formula is C17H34N4O4. The van der Waals surface area contributed by atoms with Crippen LogP contribution in [0.2, 0.25) is 0 Å². The van der Waals surface area contributed by atoms with E-state index in [-0.39, 0.29) is 17.2 Å². The van der Waals surface area contributed by atoms with Crippen molar-refractivity contribution in [1.82, 2.24) is 15.1 Å². The fourth-order valence-corrected chi connectivity index (χ4v) is 2.51. The van der Waals surface area contributed by atoms with Gasteiger partial charge >= 0.3 is 0 Å². The van der Waals surface area contributed by atoms with Crippen molar-refractivity contribution in [3.8, 4) is 0 Å². The maximum atomic E-state index is 12.2. The Hall–Kier alpha value is -1.22. The van der Waals surface area contributed by atoms with Gasteiger partial charge in [-0.3, -0.25) is 14.5 Å². The molecule has 8 nitrogen and oxygen atoms in total. The number of rotatable bonds is 10. The molecule has 1 aliphatic heterocycles. The summed E-state index contributed by atoms with van der Waals surface area (Å²) in [6, 6.07) is 0. The summed E-state index contributed by atoms with van der Waals surface area (Å²) in [5, 5.41) is 2.84. The van der Waals surface area contributed by atoms with Crippen LogP contribution in [0.25, 0.3) is 0 Å². The van der Waals surface area contributed by atoms with Crippen molar-refractivity contribution in [3.05, 3.63) is 0 Å². The summed E-state index contributed by atoms with van der Waals surface area (Å²) in [6.45, 7) is 12.0. The van der Waals surface area contributed by atoms with Crippen molar-refractivity contribution in [1.29, 1.82) is 0 Å². The lowest BCUT2D eigenvalue weighted by molar-refractivity contribution is -0.141. The number of nitrogens with one attached hydrogen (secondary N) is 1. The Morgan fingerprint density at radius 2 is 1.60 bits per heavy atom. The van der Waals surface area contributed by atoms with Gasteiger partial charge in [-0.25, -0.2) is 0 Å². The molecule has 1 aliphatic rings. The minimum Gasteiger partial charge on any atom is -0.378 e. The summed E-state index contributed by atoms with van der Waals surface area (Å²) < 4.78 is 10.5. The molecule has 0 radical (unpaired) electrons. The fourth-order valence-electron chi connectivity index (χ4n) is 2.51. The molecule has 2 amide bonds. The Balaban J connectivity index is 2.08. The molecular weight excluding hydrogens is 324 g/mol. The van der Waals surface area contributed by atoms with E-state index < -0.39 is 0 Å². The van der Waals surface area contributed by atoms with E-state index in [4.69, 9.17) is 15.2 Å². The van der Waals surface area contributed by atoms with Crippen molar-refractivity contribution >= 4 is 11.8 Å². The van der Waals surface area contributed by atoms with Gasteiger partial charge in [0, 0.05) is 44.7 Å². The van der Waals surface area contributed by atoms with Crippen molar-refractivity contribution in [2.75, 3.05) is 72.2 Å². The number of carbonyl (C=O) groups is 2. The molecule has 1 rings (SSSR count). The SMILES string of the molecule is CC(C)(C)C(=O)N1CCN(CC(=O)NCCOCCOCCN)CC1. The fraction of sp³-hybridized carbons (Fsp3) is 0.882. The summed E-state index contributed by atoms with van der Waals surface area (Å²) in [7, 11) is 0. The standard InChI is InChI=1S/C17H34N4O4/c1-17(2,3)16(23)21-8-6-20(7-9-21)14-15(22)19-5-11-25-13-12-24-10-4-18/h4-14,18H2,1-3H3,(H,19,22). The van der Waals surface area contributed by atoms with Gasteiger partial charge in [0.05, 0.1) is 33.0 Å². The molecule has 8 heteroatoms. The number of hydrogen-bond acceptors (Lipinski definition) is 6. The molecule has 146 valence electrons. The quantitative estimate of drug-likeness (QED) is 0.501. The first-order valence-electron chi connectivity index (χ1n) is 8.98. The first kappa shape index (κ1) is 21.8. The van der Waals surface area contributed by atoms with Crippen LogP contribution in [-0.2, 0) is 19.1 Å². The first-order chi connectivity index (χ1) is 11.8. The zero-order valence-electron chi connectivity index (χ0n) is 15.9. The van der Waals surface area contributed by atoms with Gasteiger partial charge in [-0.15, -0.1) is 0 Å². The highest BCUT2D eigenvalue weighted by atomic mass is 16.5. The maximum Gasteiger partial charge on any atom is 0.234 e. The van der Waals surface area contributed by atoms with Crippen LogP contribution in [0, 0.1) is 5.41 Å². The third-order valence-electron chi connectivity index (χ3n) is 3.87. The van der Waals surface area contributed by atoms with Crippen LogP contribution in [0.1, 0.15) is 20.8 Å². The molecule has 0 saturated carbocycles. The van der Waals surface area contributed by atoms with Crippen LogP contribution in [0.4, 0.5) is 0 Å². The molecule has 0 bridgehead atoms. The number of nitrogens with zero attached hydrogens (tertiary/aromatic N) is 2. The predicted molar refractivity (Wildman–Crippen MR) is 96.2 cm³/mol. The topological polar surface area (TPSA) is 97.1 Å². The lowest BCUT2D eigenvalue weighted by Crippen LogP contribution is -2.53. The van der Waals surface area contributed by atoms with E-state index in [0.29, 0.717) is 59.2 Å². The molecule has 0 spiro atoms. The average molecular weight is 358 g/mol. The Labute approximate surface area is 151 Å². The molecule has 3 N–H and O–H groups in total. The van der Waals surface area contributed by atoms with Crippen LogP contribution in [0.15, 0.2) is 0 Å². The van der Waals surface area contributed by atoms with E-state index in [0.717, 1.165) is 13.1 Å². The molecule has 0 aromatic heterocycles. The van der Waals surface area contributed by atoms with Gasteiger partial charge in [0.2, 0.25) is 11.8 Å². The Morgan fingerprint density at radius 3 is 2.16 bits per heavy atom. The first-order valence-corrected chi connectivity index (χ1v) is 8.98. The van der Waals surface area contributed by atoms with Crippen LogP contribution in [0.3, 0.4) is 0 Å². The van der Waals surface area contributed by atoms with Crippen molar-refractivity contribution in [2.45, 2.75) is 20.8 Å². The highest BCUT2D eigenvalue weighted by Gasteiger charge is 2.29. The minimum absolute atomic E-state index is 0.0152. The van der Waals surface area contributed by atoms with E-state index in [1.165, 1.54) is 0 Å². The number of carbonyl (C=O) groups excluding carboxylic acids is 2. The molecule has 0 aromatic rings. The lowest BCUT2D eigenvalue weighted by Gasteiger charge is -2.37. The van der Waals surface area contributed by atoms with Gasteiger partial charge in [-0.1, -0.05) is 20.8 Å². The molecule has 1 fully saturated rings. The molecule has 0 atom stereocenters. The number of hydrogen-bond donors (Lipinski definition) is 2. The third-order valence-corrected chi connectivity index (χ3v) is 3.87. The highest BCUT2D eigenvalue weighted by Crippen LogP contribution is 2.18. The summed E-state index contributed by atoms with van der Waals surface area (Å²) in [5.74, 6) is 0.155. The Kier molecular flexibility index (Phi) is 9.96. The summed E-state index contributed by atoms with van der Waals surface area (Å²) in [6.07, 6.45) is 0. The van der Waals surface area contributed by atoms with Gasteiger partial charge in [-0.05, 0) is 0 Å². The number of nitrogens with two attached hydrogens (primary N) is 1. The van der Waals surface area contributed by atoms with Gasteiger partial charge in [0.1, 0.15) is 0 Å². The second-order valence-corrected chi connectivity index (χ2v) is 7.18.